The van der Waals surface area contributed by atoms with Crippen LogP contribution in [-0.4, -0.2) is 30.3 Å². The van der Waals surface area contributed by atoms with Crippen LogP contribution in [0.25, 0.3) is 0 Å². The van der Waals surface area contributed by atoms with Gasteiger partial charge in [-0.2, -0.15) is 0 Å². The van der Waals surface area contributed by atoms with E-state index in [0.29, 0.717) is 29.0 Å². The summed E-state index contributed by atoms with van der Waals surface area (Å²) in [5, 5.41) is 0. The standard InChI is InChI=1S/C17H31NO/c1-13-10-14(2)15(16(19)11-13)12-18-8-5-6-17(3,4)7-9-18/h13-15H,5-12H2,1-4H3. The van der Waals surface area contributed by atoms with Crippen LogP contribution in [0.2, 0.25) is 0 Å². The van der Waals surface area contributed by atoms with Crippen molar-refractivity contribution in [2.24, 2.45) is 23.2 Å². The normalized spacial score (nSPS) is 37.1. The van der Waals surface area contributed by atoms with E-state index in [1.807, 2.05) is 0 Å². The summed E-state index contributed by atoms with van der Waals surface area (Å²) in [6.07, 6.45) is 5.94. The zero-order valence-electron chi connectivity index (χ0n) is 13.2. The van der Waals surface area contributed by atoms with E-state index in [1.54, 1.807) is 0 Å². The fraction of sp³-hybridized carbons (Fsp3) is 0.941. The predicted molar refractivity (Wildman–Crippen MR) is 80.1 cm³/mol. The van der Waals surface area contributed by atoms with Crippen LogP contribution in [0.5, 0.6) is 0 Å². The SMILES string of the molecule is CC1CC(=O)C(CN2CCCC(C)(C)CC2)C(C)C1. The van der Waals surface area contributed by atoms with Gasteiger partial charge >= 0.3 is 0 Å². The van der Waals surface area contributed by atoms with Crippen molar-refractivity contribution in [2.75, 3.05) is 19.6 Å². The van der Waals surface area contributed by atoms with Gasteiger partial charge in [-0.3, -0.25) is 4.79 Å². The minimum Gasteiger partial charge on any atom is -0.303 e. The van der Waals surface area contributed by atoms with Crippen LogP contribution in [0.15, 0.2) is 0 Å². The molecule has 0 bridgehead atoms. The summed E-state index contributed by atoms with van der Waals surface area (Å²) in [6, 6.07) is 0. The van der Waals surface area contributed by atoms with E-state index in [2.05, 4.69) is 32.6 Å². The molecule has 0 aromatic heterocycles. The Labute approximate surface area is 118 Å². The smallest absolute Gasteiger partial charge is 0.137 e. The summed E-state index contributed by atoms with van der Waals surface area (Å²) in [6.45, 7) is 12.6. The molecule has 0 spiro atoms. The van der Waals surface area contributed by atoms with Crippen molar-refractivity contribution in [3.8, 4) is 0 Å². The van der Waals surface area contributed by atoms with E-state index in [9.17, 15) is 4.79 Å². The average Bonchev–Trinajstić information content (AvgIpc) is 2.45. The Morgan fingerprint density at radius 3 is 2.63 bits per heavy atom. The number of carbonyl (C=O) groups is 1. The Kier molecular flexibility index (Phi) is 4.70. The zero-order valence-corrected chi connectivity index (χ0v) is 13.2. The molecule has 2 aliphatic rings. The third-order valence-electron chi connectivity index (χ3n) is 5.31. The van der Waals surface area contributed by atoms with Crippen molar-refractivity contribution in [1.82, 2.24) is 4.90 Å². The van der Waals surface area contributed by atoms with Gasteiger partial charge in [-0.25, -0.2) is 0 Å². The van der Waals surface area contributed by atoms with Gasteiger partial charge in [-0.1, -0.05) is 27.7 Å². The van der Waals surface area contributed by atoms with Crippen molar-refractivity contribution in [3.63, 3.8) is 0 Å². The molecule has 1 saturated carbocycles. The maximum Gasteiger partial charge on any atom is 0.137 e. The Hall–Kier alpha value is -0.370. The van der Waals surface area contributed by atoms with Crippen LogP contribution in [0.4, 0.5) is 0 Å². The predicted octanol–water partition coefficient (Wildman–Crippen LogP) is 3.75. The molecule has 3 atom stereocenters. The van der Waals surface area contributed by atoms with Crippen LogP contribution in [0, 0.1) is 23.2 Å². The minimum atomic E-state index is 0.303. The largest absolute Gasteiger partial charge is 0.303 e. The maximum absolute atomic E-state index is 12.3. The van der Waals surface area contributed by atoms with E-state index in [0.717, 1.165) is 13.0 Å². The van der Waals surface area contributed by atoms with Crippen molar-refractivity contribution in [1.29, 1.82) is 0 Å². The first-order chi connectivity index (χ1) is 8.87. The first-order valence-corrected chi connectivity index (χ1v) is 8.12. The van der Waals surface area contributed by atoms with Gasteiger partial charge in [0.25, 0.3) is 0 Å². The van der Waals surface area contributed by atoms with Crippen molar-refractivity contribution in [3.05, 3.63) is 0 Å². The second kappa shape index (κ2) is 5.95. The molecule has 1 aliphatic heterocycles. The van der Waals surface area contributed by atoms with Crippen molar-refractivity contribution in [2.45, 2.75) is 59.8 Å². The lowest BCUT2D eigenvalue weighted by Gasteiger charge is -2.35. The molecule has 0 aromatic carbocycles. The van der Waals surface area contributed by atoms with Crippen LogP contribution >= 0.6 is 0 Å². The number of hydrogen-bond donors (Lipinski definition) is 0. The van der Waals surface area contributed by atoms with Gasteiger partial charge in [0.15, 0.2) is 0 Å². The highest BCUT2D eigenvalue weighted by Gasteiger charge is 2.34. The van der Waals surface area contributed by atoms with Crippen LogP contribution in [0.1, 0.15) is 59.8 Å². The molecule has 0 aromatic rings. The molecular formula is C17H31NO. The number of carbonyl (C=O) groups excluding carboxylic acids is 1. The third kappa shape index (κ3) is 4.05. The summed E-state index contributed by atoms with van der Waals surface area (Å²) >= 11 is 0. The molecule has 0 amide bonds. The number of likely N-dealkylation sites (tertiary alicyclic amines) is 1. The Morgan fingerprint density at radius 2 is 1.95 bits per heavy atom. The van der Waals surface area contributed by atoms with Gasteiger partial charge in [0.2, 0.25) is 0 Å². The Bertz CT molecular complexity index is 323. The van der Waals surface area contributed by atoms with Crippen molar-refractivity contribution < 1.29 is 4.79 Å². The average molecular weight is 265 g/mol. The van der Waals surface area contributed by atoms with Crippen LogP contribution in [0.3, 0.4) is 0 Å². The molecule has 2 nitrogen and oxygen atoms in total. The molecule has 110 valence electrons. The minimum absolute atomic E-state index is 0.303. The fourth-order valence-electron chi connectivity index (χ4n) is 3.92. The first kappa shape index (κ1) is 15.0. The topological polar surface area (TPSA) is 20.3 Å². The molecule has 1 heterocycles. The summed E-state index contributed by atoms with van der Waals surface area (Å²) in [5.41, 5.74) is 0.492. The number of Topliss-reactive ketones (excluding diaryl/α,β-unsaturated/α-hetero) is 1. The molecule has 2 heteroatoms. The van der Waals surface area contributed by atoms with E-state index in [-0.39, 0.29) is 0 Å². The van der Waals surface area contributed by atoms with E-state index in [1.165, 1.54) is 38.8 Å². The van der Waals surface area contributed by atoms with Crippen LogP contribution < -0.4 is 0 Å². The first-order valence-electron chi connectivity index (χ1n) is 8.12. The zero-order chi connectivity index (χ0) is 14.0. The van der Waals surface area contributed by atoms with Gasteiger partial charge in [0.05, 0.1) is 0 Å². The van der Waals surface area contributed by atoms with Gasteiger partial charge in [-0.05, 0) is 56.0 Å². The molecule has 19 heavy (non-hydrogen) atoms. The maximum atomic E-state index is 12.3. The van der Waals surface area contributed by atoms with Crippen LogP contribution in [-0.2, 0) is 4.79 Å². The second-order valence-corrected chi connectivity index (χ2v) is 7.91. The Balaban J connectivity index is 1.91. The Morgan fingerprint density at radius 1 is 1.21 bits per heavy atom. The highest BCUT2D eigenvalue weighted by molar-refractivity contribution is 5.82. The molecular weight excluding hydrogens is 234 g/mol. The molecule has 0 N–H and O–H groups in total. The summed E-state index contributed by atoms with van der Waals surface area (Å²) in [4.78, 5) is 14.8. The lowest BCUT2D eigenvalue weighted by molar-refractivity contribution is -0.128. The number of ketones is 1. The quantitative estimate of drug-likeness (QED) is 0.758. The summed E-state index contributed by atoms with van der Waals surface area (Å²) in [7, 11) is 0. The monoisotopic (exact) mass is 265 g/mol. The molecule has 3 unspecified atom stereocenters. The van der Waals surface area contributed by atoms with Gasteiger partial charge < -0.3 is 4.90 Å². The van der Waals surface area contributed by atoms with Crippen molar-refractivity contribution >= 4 is 5.78 Å². The number of hydrogen-bond acceptors (Lipinski definition) is 2. The van der Waals surface area contributed by atoms with Gasteiger partial charge in [0.1, 0.15) is 5.78 Å². The molecule has 2 rings (SSSR count). The lowest BCUT2D eigenvalue weighted by Crippen LogP contribution is -2.40. The van der Waals surface area contributed by atoms with E-state index < -0.39 is 0 Å². The van der Waals surface area contributed by atoms with Gasteiger partial charge in [0, 0.05) is 18.9 Å². The molecule has 1 saturated heterocycles. The van der Waals surface area contributed by atoms with Gasteiger partial charge in [-0.15, -0.1) is 0 Å². The summed E-state index contributed by atoms with van der Waals surface area (Å²) in [5.74, 6) is 2.00. The second-order valence-electron chi connectivity index (χ2n) is 7.91. The molecule has 0 radical (unpaired) electrons. The number of nitrogens with zero attached hydrogens (tertiary/aromatic N) is 1. The summed E-state index contributed by atoms with van der Waals surface area (Å²) < 4.78 is 0. The van der Waals surface area contributed by atoms with E-state index in [4.69, 9.17) is 0 Å². The third-order valence-corrected chi connectivity index (χ3v) is 5.31. The highest BCUT2D eigenvalue weighted by Crippen LogP contribution is 2.34. The number of rotatable bonds is 2. The lowest BCUT2D eigenvalue weighted by atomic mass is 9.74. The molecule has 1 aliphatic carbocycles. The molecule has 2 fully saturated rings. The van der Waals surface area contributed by atoms with E-state index >= 15 is 0 Å². The fourth-order valence-corrected chi connectivity index (χ4v) is 3.92. The highest BCUT2D eigenvalue weighted by atomic mass is 16.1.